The van der Waals surface area contributed by atoms with Gasteiger partial charge >= 0.3 is 0 Å². The zero-order valence-corrected chi connectivity index (χ0v) is 18.0. The summed E-state index contributed by atoms with van der Waals surface area (Å²) in [6.07, 6.45) is 1.35. The van der Waals surface area contributed by atoms with Crippen molar-refractivity contribution in [2.45, 2.75) is 18.7 Å². The molecule has 0 bridgehead atoms. The number of sulfonamides is 1. The third-order valence-corrected chi connectivity index (χ3v) is 5.65. The number of anilines is 4. The van der Waals surface area contributed by atoms with E-state index in [0.717, 1.165) is 0 Å². The van der Waals surface area contributed by atoms with Gasteiger partial charge in [0.15, 0.2) is 0 Å². The molecule has 0 aliphatic rings. The Morgan fingerprint density at radius 3 is 2.71 bits per heavy atom. The van der Waals surface area contributed by atoms with Crippen LogP contribution in [0.2, 0.25) is 0 Å². The first-order chi connectivity index (χ1) is 17.2. The van der Waals surface area contributed by atoms with Crippen LogP contribution in [-0.4, -0.2) is 35.2 Å². The van der Waals surface area contributed by atoms with Crippen molar-refractivity contribution in [2.75, 3.05) is 17.3 Å². The Morgan fingerprint density at radius 2 is 1.97 bits per heavy atom. The van der Waals surface area contributed by atoms with Crippen LogP contribution < -0.4 is 15.4 Å². The van der Waals surface area contributed by atoms with Gasteiger partial charge < -0.3 is 10.2 Å². The molecule has 0 spiro atoms. The highest BCUT2D eigenvalue weighted by atomic mass is 32.2. The summed E-state index contributed by atoms with van der Waals surface area (Å²) < 4.78 is 75.9. The van der Waals surface area contributed by atoms with Crippen molar-refractivity contribution < 1.29 is 16.6 Å². The van der Waals surface area contributed by atoms with Crippen LogP contribution in [0.25, 0.3) is 10.9 Å². The van der Waals surface area contributed by atoms with Gasteiger partial charge in [-0.3, -0.25) is 4.68 Å². The zero-order chi connectivity index (χ0) is 27.6. The van der Waals surface area contributed by atoms with Crippen molar-refractivity contribution in [3.05, 3.63) is 59.8 Å². The Balaban J connectivity index is 1.82. The maximum atomic E-state index is 12.0. The molecule has 0 unspecified atom stereocenters. The van der Waals surface area contributed by atoms with E-state index >= 15 is 0 Å². The molecule has 3 N–H and O–H groups in total. The van der Waals surface area contributed by atoms with Gasteiger partial charge in [0.25, 0.3) is 0 Å². The Hall–Kier alpha value is -3.50. The van der Waals surface area contributed by atoms with E-state index in [1.807, 2.05) is 0 Å². The number of aryl methyl sites for hydroxylation is 2. The van der Waals surface area contributed by atoms with Crippen LogP contribution in [0.1, 0.15) is 19.5 Å². The van der Waals surface area contributed by atoms with Gasteiger partial charge in [-0.05, 0) is 55.7 Å². The molecule has 2 aromatic heterocycles. The molecule has 0 saturated heterocycles. The van der Waals surface area contributed by atoms with Gasteiger partial charge in [0, 0.05) is 42.7 Å². The van der Waals surface area contributed by atoms with Gasteiger partial charge in [0.05, 0.1) is 18.6 Å². The highest BCUT2D eigenvalue weighted by Crippen LogP contribution is 2.28. The predicted octanol–water partition coefficient (Wildman–Crippen LogP) is 3.14. The van der Waals surface area contributed by atoms with Gasteiger partial charge in [-0.25, -0.2) is 18.5 Å². The number of nitrogens with two attached hydrogens (primary N) is 1. The lowest BCUT2D eigenvalue weighted by Gasteiger charge is -2.19. The molecular formula is C21H23N7O2S. The van der Waals surface area contributed by atoms with Crippen molar-refractivity contribution in [2.24, 2.45) is 12.2 Å². The highest BCUT2D eigenvalue weighted by molar-refractivity contribution is 7.89. The van der Waals surface area contributed by atoms with Crippen molar-refractivity contribution in [3.63, 3.8) is 0 Å². The lowest BCUT2D eigenvalue weighted by Crippen LogP contribution is -2.14. The number of rotatable bonds is 5. The quantitative estimate of drug-likeness (QED) is 0.486. The minimum Gasteiger partial charge on any atom is -0.329 e. The van der Waals surface area contributed by atoms with E-state index in [1.165, 1.54) is 24.1 Å². The van der Waals surface area contributed by atoms with Crippen molar-refractivity contribution >= 4 is 44.1 Å². The van der Waals surface area contributed by atoms with Crippen LogP contribution in [0.15, 0.2) is 53.4 Å². The number of benzene rings is 2. The van der Waals surface area contributed by atoms with Crippen LogP contribution in [0.3, 0.4) is 0 Å². The van der Waals surface area contributed by atoms with Crippen LogP contribution in [-0.2, 0) is 17.1 Å². The molecule has 0 aliphatic heterocycles. The zero-order valence-electron chi connectivity index (χ0n) is 23.2. The number of hydrogen-bond donors (Lipinski definition) is 2. The fraction of sp³-hybridized carbons (Fsp3) is 0.190. The molecule has 4 aromatic rings. The first-order valence-electron chi connectivity index (χ1n) is 12.1. The third kappa shape index (κ3) is 4.07. The Kier molecular flexibility index (Phi) is 3.57. The van der Waals surface area contributed by atoms with Crippen LogP contribution in [0.4, 0.5) is 23.1 Å². The van der Waals surface area contributed by atoms with Gasteiger partial charge in [-0.2, -0.15) is 10.1 Å². The lowest BCUT2D eigenvalue weighted by atomic mass is 10.2. The molecule has 2 aromatic carbocycles. The number of nitrogens with zero attached hydrogens (tertiary/aromatic N) is 5. The molecule has 0 atom stereocenters. The summed E-state index contributed by atoms with van der Waals surface area (Å²) in [4.78, 5) is 9.23. The van der Waals surface area contributed by atoms with Gasteiger partial charge in [-0.1, -0.05) is 6.04 Å². The molecule has 10 heteroatoms. The normalized spacial score (nSPS) is 14.4. The molecule has 31 heavy (non-hydrogen) atoms. The van der Waals surface area contributed by atoms with E-state index in [2.05, 4.69) is 20.4 Å². The topological polar surface area (TPSA) is 119 Å². The minimum atomic E-state index is -4.36. The molecular weight excluding hydrogens is 414 g/mol. The summed E-state index contributed by atoms with van der Waals surface area (Å²) in [6.45, 7) is 3.05. The summed E-state index contributed by atoms with van der Waals surface area (Å²) in [5.74, 6) is 0.0720. The van der Waals surface area contributed by atoms with Crippen molar-refractivity contribution in [1.82, 2.24) is 19.7 Å². The molecule has 0 amide bonds. The Labute approximate surface area is 189 Å². The molecule has 160 valence electrons. The van der Waals surface area contributed by atoms with E-state index < -0.39 is 33.0 Å². The van der Waals surface area contributed by atoms with E-state index in [4.69, 9.17) is 13.4 Å². The smallest absolute Gasteiger partial charge is 0.238 e. The monoisotopic (exact) mass is 443 g/mol. The number of nitrogens with one attached hydrogen (secondary N) is 1. The summed E-state index contributed by atoms with van der Waals surface area (Å²) in [6, 6.07) is -0.300. The molecule has 9 nitrogen and oxygen atoms in total. The second kappa shape index (κ2) is 7.64. The maximum Gasteiger partial charge on any atom is 0.238 e. The highest BCUT2D eigenvalue weighted by Gasteiger charge is 2.14. The van der Waals surface area contributed by atoms with Crippen LogP contribution in [0, 0.1) is 13.8 Å². The van der Waals surface area contributed by atoms with Crippen molar-refractivity contribution in [3.8, 4) is 0 Å². The standard InChI is InChI=1S/C21H23N7O2S/c1-13-5-6-15(11-19(13)31(22,29)30)24-21-23-10-9-20(25-21)27(3)16-7-8-17-14(2)28(4)26-18(17)12-16/h5-12H,1-4H3,(H2,22,29,30)(H,23,24,25)/i5D,6D,7D,8D,11D,12D. The summed E-state index contributed by atoms with van der Waals surface area (Å²) in [5, 5.41) is 12.6. The fourth-order valence-electron chi connectivity index (χ4n) is 2.90. The average molecular weight is 444 g/mol. The largest absolute Gasteiger partial charge is 0.329 e. The van der Waals surface area contributed by atoms with Gasteiger partial charge in [-0.15, -0.1) is 0 Å². The first kappa shape index (κ1) is 14.5. The van der Waals surface area contributed by atoms with Crippen molar-refractivity contribution in [1.29, 1.82) is 0 Å². The van der Waals surface area contributed by atoms with E-state index in [0.29, 0.717) is 11.1 Å². The van der Waals surface area contributed by atoms with E-state index in [9.17, 15) is 8.42 Å². The lowest BCUT2D eigenvalue weighted by molar-refractivity contribution is 0.597. The Bertz CT molecular complexity index is 1710. The molecule has 2 heterocycles. The molecule has 0 saturated carbocycles. The van der Waals surface area contributed by atoms with Crippen LogP contribution >= 0.6 is 0 Å². The van der Waals surface area contributed by atoms with E-state index in [-0.39, 0.29) is 52.3 Å². The third-order valence-electron chi connectivity index (χ3n) is 4.67. The molecule has 0 radical (unpaired) electrons. The summed E-state index contributed by atoms with van der Waals surface area (Å²) in [7, 11) is -1.11. The number of fused-ring (bicyclic) bond motifs is 1. The SMILES string of the molecule is [2H]c1c([2H])c(Nc2nccc(N(C)c3c([2H])c([2H])c4c(C)n(C)nc4c3[2H])n2)c([2H])c(S(N)(=O)=O)c1C. The number of hydrogen-bond acceptors (Lipinski definition) is 7. The molecule has 4 rings (SSSR count). The first-order valence-corrected chi connectivity index (χ1v) is 10.6. The predicted molar refractivity (Wildman–Crippen MR) is 121 cm³/mol. The van der Waals surface area contributed by atoms with E-state index in [1.54, 1.807) is 25.7 Å². The summed E-state index contributed by atoms with van der Waals surface area (Å²) in [5.41, 5.74) is 0.581. The number of aromatic nitrogens is 4. The van der Waals surface area contributed by atoms with Gasteiger partial charge in [0.1, 0.15) is 5.82 Å². The average Bonchev–Trinajstić information content (AvgIpc) is 3.13. The van der Waals surface area contributed by atoms with Gasteiger partial charge in [0.2, 0.25) is 16.0 Å². The number of primary sulfonamides is 1. The second-order valence-electron chi connectivity index (χ2n) is 6.83. The maximum absolute atomic E-state index is 12.0. The fourth-order valence-corrected chi connectivity index (χ4v) is 3.62. The minimum absolute atomic E-state index is 0.0626. The Morgan fingerprint density at radius 1 is 1.19 bits per heavy atom. The molecule has 0 fully saturated rings. The molecule has 0 aliphatic carbocycles. The second-order valence-corrected chi connectivity index (χ2v) is 8.33. The summed E-state index contributed by atoms with van der Waals surface area (Å²) >= 11 is 0. The van der Waals surface area contributed by atoms with Crippen LogP contribution in [0.5, 0.6) is 0 Å².